The Balaban J connectivity index is 2.30. The molecule has 3 nitrogen and oxygen atoms in total. The smallest absolute Gasteiger partial charge is 0.106 e. The predicted octanol–water partition coefficient (Wildman–Crippen LogP) is 2.37. The van der Waals surface area contributed by atoms with Crippen molar-refractivity contribution >= 4 is 11.3 Å². The first-order valence-electron chi connectivity index (χ1n) is 5.77. The monoisotopic (exact) mass is 241 g/mol. The number of nitrogens with one attached hydrogen (secondary N) is 1. The molecule has 0 amide bonds. The van der Waals surface area contributed by atoms with Crippen molar-refractivity contribution in [2.24, 2.45) is 17.1 Å². The van der Waals surface area contributed by atoms with Crippen molar-refractivity contribution in [3.8, 4) is 0 Å². The van der Waals surface area contributed by atoms with Crippen LogP contribution in [0.2, 0.25) is 0 Å². The minimum absolute atomic E-state index is 0.359. The van der Waals surface area contributed by atoms with Crippen LogP contribution < -0.4 is 11.1 Å². The van der Waals surface area contributed by atoms with Gasteiger partial charge >= 0.3 is 0 Å². The van der Waals surface area contributed by atoms with Gasteiger partial charge < -0.3 is 11.1 Å². The fraction of sp³-hybridized carbons (Fsp3) is 0.750. The van der Waals surface area contributed by atoms with Crippen LogP contribution in [0.5, 0.6) is 0 Å². The molecule has 16 heavy (non-hydrogen) atoms. The van der Waals surface area contributed by atoms with Crippen molar-refractivity contribution in [2.45, 2.75) is 40.8 Å². The van der Waals surface area contributed by atoms with Gasteiger partial charge in [0, 0.05) is 18.5 Å². The van der Waals surface area contributed by atoms with E-state index in [1.54, 1.807) is 11.3 Å². The van der Waals surface area contributed by atoms with E-state index in [4.69, 9.17) is 5.73 Å². The molecular formula is C12H23N3S. The highest BCUT2D eigenvalue weighted by Gasteiger charge is 2.19. The first kappa shape index (κ1) is 13.6. The second-order valence-corrected chi connectivity index (χ2v) is 6.28. The Morgan fingerprint density at radius 3 is 2.69 bits per heavy atom. The van der Waals surface area contributed by atoms with E-state index in [1.165, 1.54) is 0 Å². The summed E-state index contributed by atoms with van der Waals surface area (Å²) in [5.74, 6) is 0.653. The van der Waals surface area contributed by atoms with E-state index in [-0.39, 0.29) is 0 Å². The lowest BCUT2D eigenvalue weighted by Crippen LogP contribution is -2.29. The van der Waals surface area contributed by atoms with E-state index < -0.39 is 0 Å². The van der Waals surface area contributed by atoms with E-state index in [9.17, 15) is 0 Å². The van der Waals surface area contributed by atoms with Gasteiger partial charge in [-0.15, -0.1) is 11.3 Å². The summed E-state index contributed by atoms with van der Waals surface area (Å²) in [6, 6.07) is 0. The van der Waals surface area contributed by atoms with Gasteiger partial charge in [0.15, 0.2) is 0 Å². The summed E-state index contributed by atoms with van der Waals surface area (Å²) in [5.41, 5.74) is 6.99. The van der Waals surface area contributed by atoms with Crippen LogP contribution in [0.25, 0.3) is 0 Å². The fourth-order valence-electron chi connectivity index (χ4n) is 1.25. The molecule has 4 heteroatoms. The van der Waals surface area contributed by atoms with E-state index in [2.05, 4.69) is 43.4 Å². The SMILES string of the molecule is CC(CNCc1csc(CN)n1)C(C)(C)C. The molecule has 0 saturated carbocycles. The molecule has 1 rings (SSSR count). The molecule has 0 fully saturated rings. The molecule has 1 atom stereocenters. The molecule has 0 radical (unpaired) electrons. The maximum absolute atomic E-state index is 5.52. The molecule has 1 aromatic rings. The van der Waals surface area contributed by atoms with Gasteiger partial charge in [-0.1, -0.05) is 27.7 Å². The molecule has 0 aliphatic heterocycles. The second kappa shape index (κ2) is 5.75. The zero-order valence-electron chi connectivity index (χ0n) is 10.7. The molecule has 1 unspecified atom stereocenters. The van der Waals surface area contributed by atoms with Gasteiger partial charge in [0.25, 0.3) is 0 Å². The van der Waals surface area contributed by atoms with Gasteiger partial charge in [0.2, 0.25) is 0 Å². The van der Waals surface area contributed by atoms with E-state index in [1.807, 2.05) is 0 Å². The van der Waals surface area contributed by atoms with Crippen LogP contribution in [0.1, 0.15) is 38.4 Å². The van der Waals surface area contributed by atoms with Crippen LogP contribution in [0.15, 0.2) is 5.38 Å². The molecule has 1 heterocycles. The highest BCUT2D eigenvalue weighted by Crippen LogP contribution is 2.24. The van der Waals surface area contributed by atoms with Crippen LogP contribution in [0, 0.1) is 11.3 Å². The first-order valence-corrected chi connectivity index (χ1v) is 6.65. The largest absolute Gasteiger partial charge is 0.325 e. The molecule has 0 aliphatic rings. The third kappa shape index (κ3) is 4.20. The average molecular weight is 241 g/mol. The van der Waals surface area contributed by atoms with Crippen LogP contribution in [0.3, 0.4) is 0 Å². The van der Waals surface area contributed by atoms with Gasteiger partial charge in [0.05, 0.1) is 5.69 Å². The molecule has 0 spiro atoms. The lowest BCUT2D eigenvalue weighted by Gasteiger charge is -2.27. The van der Waals surface area contributed by atoms with Crippen LogP contribution in [0.4, 0.5) is 0 Å². The van der Waals surface area contributed by atoms with E-state index >= 15 is 0 Å². The maximum atomic E-state index is 5.52. The molecule has 0 aliphatic carbocycles. The standard InChI is InChI=1S/C12H23N3S/c1-9(12(2,3)4)6-14-7-10-8-16-11(5-13)15-10/h8-9,14H,5-7,13H2,1-4H3. The normalized spacial score (nSPS) is 14.1. The number of nitrogens with zero attached hydrogens (tertiary/aromatic N) is 1. The van der Waals surface area contributed by atoms with Gasteiger partial charge in [-0.25, -0.2) is 4.98 Å². The number of thiazole rings is 1. The summed E-state index contributed by atoms with van der Waals surface area (Å²) in [4.78, 5) is 4.42. The zero-order valence-corrected chi connectivity index (χ0v) is 11.5. The van der Waals surface area contributed by atoms with E-state index in [0.29, 0.717) is 17.9 Å². The van der Waals surface area contributed by atoms with Crippen molar-refractivity contribution in [1.82, 2.24) is 10.3 Å². The van der Waals surface area contributed by atoms with Gasteiger partial charge in [0.1, 0.15) is 5.01 Å². The van der Waals surface area contributed by atoms with E-state index in [0.717, 1.165) is 23.8 Å². The van der Waals surface area contributed by atoms with Crippen molar-refractivity contribution in [3.05, 3.63) is 16.1 Å². The first-order chi connectivity index (χ1) is 7.43. The second-order valence-electron chi connectivity index (χ2n) is 5.33. The fourth-order valence-corrected chi connectivity index (χ4v) is 1.92. The van der Waals surface area contributed by atoms with Crippen molar-refractivity contribution in [1.29, 1.82) is 0 Å². The minimum Gasteiger partial charge on any atom is -0.325 e. The minimum atomic E-state index is 0.359. The van der Waals surface area contributed by atoms with Crippen LogP contribution in [-0.2, 0) is 13.1 Å². The van der Waals surface area contributed by atoms with Crippen molar-refractivity contribution in [2.75, 3.05) is 6.54 Å². The van der Waals surface area contributed by atoms with Gasteiger partial charge in [-0.05, 0) is 17.9 Å². The quantitative estimate of drug-likeness (QED) is 0.832. The Hall–Kier alpha value is -0.450. The average Bonchev–Trinajstić information content (AvgIpc) is 2.64. The van der Waals surface area contributed by atoms with Gasteiger partial charge in [-0.2, -0.15) is 0 Å². The third-order valence-electron chi connectivity index (χ3n) is 3.01. The summed E-state index contributed by atoms with van der Waals surface area (Å²) in [7, 11) is 0. The highest BCUT2D eigenvalue weighted by atomic mass is 32.1. The molecule has 0 saturated heterocycles. The summed E-state index contributed by atoms with van der Waals surface area (Å²) in [6.07, 6.45) is 0. The Labute approximate surface area is 102 Å². The van der Waals surface area contributed by atoms with Crippen molar-refractivity contribution in [3.63, 3.8) is 0 Å². The number of nitrogens with two attached hydrogens (primary N) is 1. The molecular weight excluding hydrogens is 218 g/mol. The summed E-state index contributed by atoms with van der Waals surface area (Å²) in [5, 5.41) is 6.54. The van der Waals surface area contributed by atoms with Crippen molar-refractivity contribution < 1.29 is 0 Å². The number of rotatable bonds is 5. The highest BCUT2D eigenvalue weighted by molar-refractivity contribution is 7.09. The Bertz CT molecular complexity index is 314. The Morgan fingerprint density at radius 2 is 2.19 bits per heavy atom. The molecule has 1 aromatic heterocycles. The number of hydrogen-bond acceptors (Lipinski definition) is 4. The van der Waals surface area contributed by atoms with Gasteiger partial charge in [-0.3, -0.25) is 0 Å². The predicted molar refractivity (Wildman–Crippen MR) is 70.3 cm³/mol. The van der Waals surface area contributed by atoms with Crippen LogP contribution >= 0.6 is 11.3 Å². The topological polar surface area (TPSA) is 50.9 Å². The maximum Gasteiger partial charge on any atom is 0.106 e. The molecule has 3 N–H and O–H groups in total. The Kier molecular flexibility index (Phi) is 4.89. The lowest BCUT2D eigenvalue weighted by molar-refractivity contribution is 0.252. The summed E-state index contributed by atoms with van der Waals surface area (Å²) >= 11 is 1.64. The summed E-state index contributed by atoms with van der Waals surface area (Å²) < 4.78 is 0. The Morgan fingerprint density at radius 1 is 1.50 bits per heavy atom. The zero-order chi connectivity index (χ0) is 12.2. The number of aromatic nitrogens is 1. The molecule has 0 bridgehead atoms. The lowest BCUT2D eigenvalue weighted by atomic mass is 9.82. The number of hydrogen-bond donors (Lipinski definition) is 2. The molecule has 0 aromatic carbocycles. The summed E-state index contributed by atoms with van der Waals surface area (Å²) in [6.45, 7) is 11.5. The molecule has 92 valence electrons. The third-order valence-corrected chi connectivity index (χ3v) is 3.93. The van der Waals surface area contributed by atoms with Crippen LogP contribution in [-0.4, -0.2) is 11.5 Å².